The van der Waals surface area contributed by atoms with Crippen molar-refractivity contribution in [1.82, 2.24) is 10.2 Å². The molecule has 5 nitrogen and oxygen atoms in total. The zero-order chi connectivity index (χ0) is 24.8. The quantitative estimate of drug-likeness (QED) is 0.398. The van der Waals surface area contributed by atoms with E-state index >= 15 is 0 Å². The van der Waals surface area contributed by atoms with Crippen molar-refractivity contribution in [2.45, 2.75) is 45.1 Å². The van der Waals surface area contributed by atoms with Gasteiger partial charge in [-0.1, -0.05) is 48.3 Å². The summed E-state index contributed by atoms with van der Waals surface area (Å²) in [6.07, 6.45) is -5.51. The van der Waals surface area contributed by atoms with Gasteiger partial charge >= 0.3 is 6.18 Å². The van der Waals surface area contributed by atoms with Crippen molar-refractivity contribution in [2.24, 2.45) is 11.1 Å². The van der Waals surface area contributed by atoms with Gasteiger partial charge in [0.2, 0.25) is 0 Å². The molecule has 11 heteroatoms. The number of benzene rings is 2. The van der Waals surface area contributed by atoms with Gasteiger partial charge in [0.15, 0.2) is 5.82 Å². The number of amidine groups is 1. The summed E-state index contributed by atoms with van der Waals surface area (Å²) in [5.41, 5.74) is -1.11. The van der Waals surface area contributed by atoms with Gasteiger partial charge in [0, 0.05) is 30.8 Å². The van der Waals surface area contributed by atoms with E-state index in [0.29, 0.717) is 24.6 Å². The second kappa shape index (κ2) is 8.92. The molecule has 0 aromatic heterocycles. The molecule has 2 aromatic carbocycles. The van der Waals surface area contributed by atoms with Crippen LogP contribution in [0.1, 0.15) is 47.3 Å². The highest BCUT2D eigenvalue weighted by molar-refractivity contribution is 6.35. The molecule has 1 atom stereocenters. The molecule has 4 rings (SSSR count). The number of halogens is 6. The van der Waals surface area contributed by atoms with Crippen molar-refractivity contribution in [3.63, 3.8) is 0 Å². The van der Waals surface area contributed by atoms with E-state index in [2.05, 4.69) is 10.5 Å². The Morgan fingerprint density at radius 1 is 1.18 bits per heavy atom. The number of nitrogens with zero attached hydrogens (tertiary/aromatic N) is 2. The van der Waals surface area contributed by atoms with E-state index in [-0.39, 0.29) is 18.3 Å². The lowest BCUT2D eigenvalue weighted by atomic mass is 9.89. The predicted octanol–water partition coefficient (Wildman–Crippen LogP) is 6.03. The van der Waals surface area contributed by atoms with Gasteiger partial charge in [0.25, 0.3) is 11.5 Å². The summed E-state index contributed by atoms with van der Waals surface area (Å²) in [7, 11) is 0. The molecule has 2 heterocycles. The first kappa shape index (κ1) is 24.6. The van der Waals surface area contributed by atoms with Crippen molar-refractivity contribution in [2.75, 3.05) is 6.54 Å². The molecule has 0 spiro atoms. The zero-order valence-corrected chi connectivity index (χ0v) is 19.8. The highest BCUT2D eigenvalue weighted by atomic mass is 35.5. The summed E-state index contributed by atoms with van der Waals surface area (Å²) >= 11 is 11.5. The topological polar surface area (TPSA) is 53.9 Å². The molecule has 1 N–H and O–H groups in total. The molecule has 34 heavy (non-hydrogen) atoms. The lowest BCUT2D eigenvalue weighted by molar-refractivity contribution is -0.275. The number of amides is 1. The predicted molar refractivity (Wildman–Crippen MR) is 120 cm³/mol. The molecule has 1 unspecified atom stereocenters. The number of fused-ring (bicyclic) bond motifs is 1. The monoisotopic (exact) mass is 517 g/mol. The van der Waals surface area contributed by atoms with Gasteiger partial charge in [0.05, 0.1) is 16.5 Å². The van der Waals surface area contributed by atoms with Gasteiger partial charge < -0.3 is 15.1 Å². The third-order valence-corrected chi connectivity index (χ3v) is 6.40. The van der Waals surface area contributed by atoms with Gasteiger partial charge in [-0.25, -0.2) is 4.39 Å². The number of alkyl halides is 3. The third-order valence-electron chi connectivity index (χ3n) is 5.85. The van der Waals surface area contributed by atoms with Crippen molar-refractivity contribution in [3.05, 3.63) is 68.4 Å². The van der Waals surface area contributed by atoms with Crippen molar-refractivity contribution < 1.29 is 27.2 Å². The number of carbonyl (C=O) groups excluding carboxylic acids is 1. The van der Waals surface area contributed by atoms with Crippen LogP contribution in [0.3, 0.4) is 0 Å². The van der Waals surface area contributed by atoms with E-state index in [1.54, 1.807) is 23.1 Å². The van der Waals surface area contributed by atoms with E-state index in [4.69, 9.17) is 28.0 Å². The maximum Gasteiger partial charge on any atom is 0.435 e. The van der Waals surface area contributed by atoms with Crippen LogP contribution in [-0.4, -0.2) is 29.4 Å². The first-order valence-electron chi connectivity index (χ1n) is 10.5. The molecular formula is C23H21Cl2F4N3O2. The molecule has 0 fully saturated rings. The van der Waals surface area contributed by atoms with E-state index in [1.807, 2.05) is 13.8 Å². The summed E-state index contributed by atoms with van der Waals surface area (Å²) in [6.45, 7) is 5.08. The van der Waals surface area contributed by atoms with Crippen LogP contribution >= 0.6 is 23.2 Å². The Morgan fingerprint density at radius 2 is 1.82 bits per heavy atom. The zero-order valence-electron chi connectivity index (χ0n) is 18.3. The first-order valence-corrected chi connectivity index (χ1v) is 11.3. The summed E-state index contributed by atoms with van der Waals surface area (Å²) in [5, 5.41) is 5.51. The fourth-order valence-corrected chi connectivity index (χ4v) is 4.45. The summed E-state index contributed by atoms with van der Waals surface area (Å²) in [5.74, 6) is -0.839. The van der Waals surface area contributed by atoms with Crippen LogP contribution in [0.25, 0.3) is 0 Å². The van der Waals surface area contributed by atoms with Crippen LogP contribution in [0.2, 0.25) is 10.0 Å². The maximum atomic E-state index is 14.2. The van der Waals surface area contributed by atoms with Crippen LogP contribution in [0.15, 0.2) is 35.5 Å². The molecule has 0 radical (unpaired) electrons. The van der Waals surface area contributed by atoms with Crippen LogP contribution < -0.4 is 5.32 Å². The highest BCUT2D eigenvalue weighted by Gasteiger charge is 2.63. The normalized spacial score (nSPS) is 19.8. The number of carbonyl (C=O) groups is 1. The molecule has 2 aliphatic heterocycles. The Morgan fingerprint density at radius 3 is 2.44 bits per heavy atom. The second-order valence-corrected chi connectivity index (χ2v) is 9.61. The smallest absolute Gasteiger partial charge is 0.372 e. The standard InChI is InChI=1S/C23H21Cl2F4N3O2/c1-12(2)9-30-21(33)13-3-4-14-10-32(11-15(14)5-13)19-8-22(34-31-19,23(27,28)29)16-6-17(24)20(26)18(25)7-16/h3-7,12H,8-11H2,1-2H3,(H,30,33). The number of oxime groups is 1. The third kappa shape index (κ3) is 4.43. The highest BCUT2D eigenvalue weighted by Crippen LogP contribution is 2.50. The first-order chi connectivity index (χ1) is 15.9. The Labute approximate surface area is 203 Å². The minimum absolute atomic E-state index is 0.0795. The Balaban J connectivity index is 1.55. The molecule has 0 saturated carbocycles. The molecule has 2 aromatic rings. The molecular weight excluding hydrogens is 497 g/mol. The number of rotatable bonds is 4. The van der Waals surface area contributed by atoms with E-state index in [1.165, 1.54) is 0 Å². The number of hydrogen-bond donors (Lipinski definition) is 1. The lowest BCUT2D eigenvalue weighted by Crippen LogP contribution is -2.44. The fraction of sp³-hybridized carbons (Fsp3) is 0.391. The average Bonchev–Trinajstić information content (AvgIpc) is 3.39. The van der Waals surface area contributed by atoms with Gasteiger partial charge in [-0.15, -0.1) is 0 Å². The molecule has 2 aliphatic rings. The summed E-state index contributed by atoms with van der Waals surface area (Å²) < 4.78 is 56.5. The fourth-order valence-electron chi connectivity index (χ4n) is 3.96. The Hall–Kier alpha value is -2.52. The Kier molecular flexibility index (Phi) is 6.46. The van der Waals surface area contributed by atoms with Crippen LogP contribution in [0, 0.1) is 11.7 Å². The van der Waals surface area contributed by atoms with Gasteiger partial charge in [-0.05, 0) is 41.3 Å². The summed E-state index contributed by atoms with van der Waals surface area (Å²) in [6, 6.07) is 6.92. The second-order valence-electron chi connectivity index (χ2n) is 8.80. The van der Waals surface area contributed by atoms with Crippen LogP contribution in [0.5, 0.6) is 0 Å². The molecule has 0 bridgehead atoms. The molecule has 1 amide bonds. The lowest BCUT2D eigenvalue weighted by Gasteiger charge is -2.30. The molecule has 182 valence electrons. The van der Waals surface area contributed by atoms with E-state index < -0.39 is 39.6 Å². The number of nitrogens with one attached hydrogen (secondary N) is 1. The average molecular weight is 518 g/mol. The van der Waals surface area contributed by atoms with Gasteiger partial charge in [-0.2, -0.15) is 13.2 Å². The Bertz CT molecular complexity index is 1150. The summed E-state index contributed by atoms with van der Waals surface area (Å²) in [4.78, 5) is 19.0. The van der Waals surface area contributed by atoms with Gasteiger partial charge in [-0.3, -0.25) is 4.79 Å². The van der Waals surface area contributed by atoms with Crippen molar-refractivity contribution in [1.29, 1.82) is 0 Å². The van der Waals surface area contributed by atoms with Gasteiger partial charge in [0.1, 0.15) is 5.84 Å². The minimum atomic E-state index is -4.88. The van der Waals surface area contributed by atoms with E-state index in [9.17, 15) is 22.4 Å². The number of hydrogen-bond acceptors (Lipinski definition) is 4. The van der Waals surface area contributed by atoms with Crippen molar-refractivity contribution in [3.8, 4) is 0 Å². The molecule has 0 saturated heterocycles. The SMILES string of the molecule is CC(C)CNC(=O)c1ccc2c(c1)CN(C1=NOC(c3cc(Cl)c(F)c(Cl)c3)(C(F)(F)F)C1)C2. The van der Waals surface area contributed by atoms with Crippen LogP contribution in [0.4, 0.5) is 17.6 Å². The van der Waals surface area contributed by atoms with Crippen LogP contribution in [-0.2, 0) is 23.5 Å². The van der Waals surface area contributed by atoms with E-state index in [0.717, 1.165) is 23.3 Å². The van der Waals surface area contributed by atoms with Crippen molar-refractivity contribution >= 4 is 34.9 Å². The molecule has 0 aliphatic carbocycles. The maximum absolute atomic E-state index is 14.2. The minimum Gasteiger partial charge on any atom is -0.372 e. The largest absolute Gasteiger partial charge is 0.435 e.